The molecule has 1 heterocycles. The van der Waals surface area contributed by atoms with Gasteiger partial charge >= 0.3 is 0 Å². The predicted octanol–water partition coefficient (Wildman–Crippen LogP) is 3.17. The van der Waals surface area contributed by atoms with Crippen LogP contribution in [0.5, 0.6) is 0 Å². The van der Waals surface area contributed by atoms with E-state index in [4.69, 9.17) is 0 Å². The van der Waals surface area contributed by atoms with Crippen LogP contribution in [0.3, 0.4) is 0 Å². The zero-order chi connectivity index (χ0) is 12.3. The minimum absolute atomic E-state index is 0.425. The zero-order valence-electron chi connectivity index (χ0n) is 11.6. The van der Waals surface area contributed by atoms with Gasteiger partial charge in [-0.3, -0.25) is 0 Å². The molecule has 1 N–H and O–H groups in total. The molecule has 0 radical (unpaired) electrons. The molecule has 0 aliphatic heterocycles. The molecule has 2 heteroatoms. The molecule has 0 bridgehead atoms. The molecule has 0 spiro atoms. The summed E-state index contributed by atoms with van der Waals surface area (Å²) in [5.41, 5.74) is 4.56. The Labute approximate surface area is 100 Å². The van der Waals surface area contributed by atoms with E-state index in [2.05, 4.69) is 57.6 Å². The van der Waals surface area contributed by atoms with Gasteiger partial charge in [-0.25, -0.2) is 0 Å². The van der Waals surface area contributed by atoms with Crippen LogP contribution in [0.4, 0.5) is 0 Å². The molecule has 0 aliphatic carbocycles. The fraction of sp³-hybridized carbons (Fsp3) is 0.714. The van der Waals surface area contributed by atoms with E-state index in [1.54, 1.807) is 0 Å². The van der Waals surface area contributed by atoms with Gasteiger partial charge in [0.2, 0.25) is 0 Å². The maximum absolute atomic E-state index is 3.53. The third-order valence-electron chi connectivity index (χ3n) is 3.25. The first-order chi connectivity index (χ1) is 7.31. The van der Waals surface area contributed by atoms with Crippen molar-refractivity contribution >= 4 is 0 Å². The van der Waals surface area contributed by atoms with Crippen LogP contribution in [-0.2, 0) is 13.6 Å². The van der Waals surface area contributed by atoms with E-state index in [0.717, 1.165) is 13.1 Å². The lowest BCUT2D eigenvalue weighted by Crippen LogP contribution is -2.20. The Morgan fingerprint density at radius 3 is 2.31 bits per heavy atom. The average molecular weight is 222 g/mol. The van der Waals surface area contributed by atoms with Gasteiger partial charge < -0.3 is 9.88 Å². The Morgan fingerprint density at radius 1 is 1.25 bits per heavy atom. The third kappa shape index (κ3) is 3.67. The molecule has 0 amide bonds. The van der Waals surface area contributed by atoms with Crippen molar-refractivity contribution < 1.29 is 0 Å². The van der Waals surface area contributed by atoms with Crippen LogP contribution in [0.25, 0.3) is 0 Å². The SMILES string of the molecule is Cc1cc(CNCCC(C)(C)C)c(C)n1C. The summed E-state index contributed by atoms with van der Waals surface area (Å²) in [6.45, 7) is 13.3. The van der Waals surface area contributed by atoms with E-state index in [1.165, 1.54) is 23.4 Å². The Morgan fingerprint density at radius 2 is 1.88 bits per heavy atom. The smallest absolute Gasteiger partial charge is 0.0223 e. The zero-order valence-corrected chi connectivity index (χ0v) is 11.6. The van der Waals surface area contributed by atoms with Crippen LogP contribution in [0, 0.1) is 19.3 Å². The Balaban J connectivity index is 2.41. The predicted molar refractivity (Wildman–Crippen MR) is 70.7 cm³/mol. The normalized spacial score (nSPS) is 12.1. The second kappa shape index (κ2) is 5.05. The van der Waals surface area contributed by atoms with E-state index in [1.807, 2.05) is 0 Å². The van der Waals surface area contributed by atoms with Gasteiger partial charge in [-0.05, 0) is 43.9 Å². The average Bonchev–Trinajstić information content (AvgIpc) is 2.40. The molecule has 1 aromatic rings. The highest BCUT2D eigenvalue weighted by Crippen LogP contribution is 2.17. The molecule has 0 atom stereocenters. The van der Waals surface area contributed by atoms with E-state index in [9.17, 15) is 0 Å². The summed E-state index contributed by atoms with van der Waals surface area (Å²) in [5, 5.41) is 3.53. The number of aromatic nitrogens is 1. The first-order valence-corrected chi connectivity index (χ1v) is 6.14. The highest BCUT2D eigenvalue weighted by molar-refractivity contribution is 5.26. The maximum Gasteiger partial charge on any atom is 0.0223 e. The first kappa shape index (κ1) is 13.3. The second-order valence-corrected chi connectivity index (χ2v) is 5.94. The van der Waals surface area contributed by atoms with Crippen molar-refractivity contribution in [3.05, 3.63) is 23.0 Å². The van der Waals surface area contributed by atoms with Crippen LogP contribution in [0.1, 0.15) is 44.1 Å². The summed E-state index contributed by atoms with van der Waals surface area (Å²) < 4.78 is 2.25. The molecule has 0 saturated carbocycles. The number of rotatable bonds is 4. The molecular formula is C14H26N2. The van der Waals surface area contributed by atoms with E-state index < -0.39 is 0 Å². The second-order valence-electron chi connectivity index (χ2n) is 5.94. The van der Waals surface area contributed by atoms with Crippen molar-refractivity contribution in [2.75, 3.05) is 6.54 Å². The van der Waals surface area contributed by atoms with Crippen LogP contribution in [0.15, 0.2) is 6.07 Å². The number of hydrogen-bond acceptors (Lipinski definition) is 1. The number of nitrogens with zero attached hydrogens (tertiary/aromatic N) is 1. The van der Waals surface area contributed by atoms with E-state index >= 15 is 0 Å². The minimum Gasteiger partial charge on any atom is -0.352 e. The van der Waals surface area contributed by atoms with Gasteiger partial charge in [-0.15, -0.1) is 0 Å². The van der Waals surface area contributed by atoms with Gasteiger partial charge in [-0.1, -0.05) is 20.8 Å². The highest BCUT2D eigenvalue weighted by atomic mass is 15.0. The maximum atomic E-state index is 3.53. The van der Waals surface area contributed by atoms with Crippen molar-refractivity contribution in [2.24, 2.45) is 12.5 Å². The molecule has 0 fully saturated rings. The Bertz CT molecular complexity index is 342. The van der Waals surface area contributed by atoms with Gasteiger partial charge in [0.1, 0.15) is 0 Å². The van der Waals surface area contributed by atoms with Crippen LogP contribution >= 0.6 is 0 Å². The quantitative estimate of drug-likeness (QED) is 0.774. The molecular weight excluding hydrogens is 196 g/mol. The summed E-state index contributed by atoms with van der Waals surface area (Å²) in [4.78, 5) is 0. The molecule has 1 aromatic heterocycles. The molecule has 2 nitrogen and oxygen atoms in total. The van der Waals surface area contributed by atoms with Crippen molar-refractivity contribution in [3.8, 4) is 0 Å². The lowest BCUT2D eigenvalue weighted by atomic mass is 9.92. The van der Waals surface area contributed by atoms with Crippen LogP contribution in [-0.4, -0.2) is 11.1 Å². The minimum atomic E-state index is 0.425. The molecule has 0 aliphatic rings. The van der Waals surface area contributed by atoms with Gasteiger partial charge in [-0.2, -0.15) is 0 Å². The lowest BCUT2D eigenvalue weighted by Gasteiger charge is -2.18. The highest BCUT2D eigenvalue weighted by Gasteiger charge is 2.09. The standard InChI is InChI=1S/C14H26N2/c1-11-9-13(12(2)16(11)6)10-15-8-7-14(3,4)5/h9,15H,7-8,10H2,1-6H3. The first-order valence-electron chi connectivity index (χ1n) is 6.14. The number of aryl methyl sites for hydroxylation is 1. The fourth-order valence-electron chi connectivity index (χ4n) is 1.80. The monoisotopic (exact) mass is 222 g/mol. The number of nitrogens with one attached hydrogen (secondary N) is 1. The molecule has 0 aromatic carbocycles. The topological polar surface area (TPSA) is 17.0 Å². The molecule has 0 unspecified atom stereocenters. The Kier molecular flexibility index (Phi) is 4.20. The number of hydrogen-bond donors (Lipinski definition) is 1. The molecule has 0 saturated heterocycles. The van der Waals surface area contributed by atoms with Gasteiger partial charge in [0.05, 0.1) is 0 Å². The summed E-state index contributed by atoms with van der Waals surface area (Å²) in [5.74, 6) is 0. The molecule has 1 rings (SSSR count). The third-order valence-corrected chi connectivity index (χ3v) is 3.25. The summed E-state index contributed by atoms with van der Waals surface area (Å²) in [7, 11) is 2.13. The van der Waals surface area contributed by atoms with Gasteiger partial charge in [0, 0.05) is 25.0 Å². The largest absolute Gasteiger partial charge is 0.352 e. The summed E-state index contributed by atoms with van der Waals surface area (Å²) in [6, 6.07) is 2.28. The summed E-state index contributed by atoms with van der Waals surface area (Å²) >= 11 is 0. The summed E-state index contributed by atoms with van der Waals surface area (Å²) in [6.07, 6.45) is 1.22. The van der Waals surface area contributed by atoms with Crippen molar-refractivity contribution in [3.63, 3.8) is 0 Å². The van der Waals surface area contributed by atoms with E-state index in [0.29, 0.717) is 5.41 Å². The van der Waals surface area contributed by atoms with E-state index in [-0.39, 0.29) is 0 Å². The van der Waals surface area contributed by atoms with Gasteiger partial charge in [0.15, 0.2) is 0 Å². The van der Waals surface area contributed by atoms with Crippen molar-refractivity contribution in [1.82, 2.24) is 9.88 Å². The van der Waals surface area contributed by atoms with Crippen LogP contribution < -0.4 is 5.32 Å². The fourth-order valence-corrected chi connectivity index (χ4v) is 1.80. The van der Waals surface area contributed by atoms with Crippen molar-refractivity contribution in [1.29, 1.82) is 0 Å². The van der Waals surface area contributed by atoms with Crippen LogP contribution in [0.2, 0.25) is 0 Å². The van der Waals surface area contributed by atoms with Gasteiger partial charge in [0.25, 0.3) is 0 Å². The Hall–Kier alpha value is -0.760. The molecule has 92 valence electrons. The lowest BCUT2D eigenvalue weighted by molar-refractivity contribution is 0.366. The molecule has 16 heavy (non-hydrogen) atoms. The van der Waals surface area contributed by atoms with Crippen molar-refractivity contribution in [2.45, 2.75) is 47.6 Å².